The zero-order chi connectivity index (χ0) is 37.8. The standard InChI is InChI=1S/C47H92O5/c1-3-5-7-9-11-12-13-14-15-16-17-18-19-20-21-22-23-24-25-26-27-28-29-30-31-32-33-34-36-38-40-42-47(50)52-45(43-48)44-51-46(49)41-39-37-35-10-8-6-4-2/h45,48H,3-44H2,1-2H3. The minimum atomic E-state index is -0.760. The molecular weight excluding hydrogens is 645 g/mol. The van der Waals surface area contributed by atoms with Gasteiger partial charge in [-0.15, -0.1) is 0 Å². The minimum absolute atomic E-state index is 0.0583. The molecule has 1 N–H and O–H groups in total. The van der Waals surface area contributed by atoms with Crippen LogP contribution in [0, 0.1) is 0 Å². The summed E-state index contributed by atoms with van der Waals surface area (Å²) in [4.78, 5) is 24.1. The maximum atomic E-state index is 12.2. The van der Waals surface area contributed by atoms with Gasteiger partial charge in [-0.05, 0) is 12.8 Å². The van der Waals surface area contributed by atoms with Crippen molar-refractivity contribution >= 4 is 11.9 Å². The molecule has 310 valence electrons. The first kappa shape index (κ1) is 50.9. The first-order valence-corrected chi connectivity index (χ1v) is 23.6. The molecule has 52 heavy (non-hydrogen) atoms. The lowest BCUT2D eigenvalue weighted by Crippen LogP contribution is -2.28. The zero-order valence-electron chi connectivity index (χ0n) is 35.4. The number of esters is 2. The molecule has 0 aliphatic carbocycles. The number of carbonyl (C=O) groups is 2. The van der Waals surface area contributed by atoms with E-state index in [9.17, 15) is 14.7 Å². The Balaban J connectivity index is 3.32. The third-order valence-electron chi connectivity index (χ3n) is 10.9. The molecule has 5 nitrogen and oxygen atoms in total. The molecule has 0 aromatic heterocycles. The summed E-state index contributed by atoms with van der Waals surface area (Å²) in [5.74, 6) is -0.582. The molecule has 0 aliphatic rings. The molecule has 0 aromatic rings. The van der Waals surface area contributed by atoms with Gasteiger partial charge in [-0.25, -0.2) is 0 Å². The lowest BCUT2D eigenvalue weighted by molar-refractivity contribution is -0.161. The van der Waals surface area contributed by atoms with Crippen LogP contribution in [0.1, 0.15) is 271 Å². The average Bonchev–Trinajstić information content (AvgIpc) is 3.15. The van der Waals surface area contributed by atoms with E-state index in [1.165, 1.54) is 205 Å². The van der Waals surface area contributed by atoms with E-state index in [1.54, 1.807) is 0 Å². The van der Waals surface area contributed by atoms with Crippen molar-refractivity contribution in [3.8, 4) is 0 Å². The average molecular weight is 737 g/mol. The highest BCUT2D eigenvalue weighted by Crippen LogP contribution is 2.17. The van der Waals surface area contributed by atoms with Gasteiger partial charge in [0.15, 0.2) is 6.10 Å². The Morgan fingerprint density at radius 1 is 0.365 bits per heavy atom. The number of hydrogen-bond donors (Lipinski definition) is 1. The van der Waals surface area contributed by atoms with E-state index in [-0.39, 0.29) is 25.2 Å². The molecule has 0 fully saturated rings. The van der Waals surface area contributed by atoms with Gasteiger partial charge < -0.3 is 14.6 Å². The van der Waals surface area contributed by atoms with Crippen LogP contribution in [0.15, 0.2) is 0 Å². The molecular formula is C47H92O5. The van der Waals surface area contributed by atoms with Crippen molar-refractivity contribution in [1.82, 2.24) is 0 Å². The molecule has 5 heteroatoms. The van der Waals surface area contributed by atoms with Gasteiger partial charge in [-0.2, -0.15) is 0 Å². The Bertz CT molecular complexity index is 710. The summed E-state index contributed by atoms with van der Waals surface area (Å²) in [5, 5.41) is 9.52. The van der Waals surface area contributed by atoms with E-state index in [0.29, 0.717) is 12.8 Å². The van der Waals surface area contributed by atoms with Crippen LogP contribution < -0.4 is 0 Å². The second-order valence-electron chi connectivity index (χ2n) is 16.2. The monoisotopic (exact) mass is 737 g/mol. The van der Waals surface area contributed by atoms with Crippen LogP contribution in [0.2, 0.25) is 0 Å². The van der Waals surface area contributed by atoms with E-state index in [0.717, 1.165) is 38.5 Å². The van der Waals surface area contributed by atoms with Crippen molar-refractivity contribution in [2.24, 2.45) is 0 Å². The Kier molecular flexibility index (Phi) is 43.4. The first-order chi connectivity index (χ1) is 25.6. The smallest absolute Gasteiger partial charge is 0.306 e. The highest BCUT2D eigenvalue weighted by Gasteiger charge is 2.16. The van der Waals surface area contributed by atoms with E-state index >= 15 is 0 Å². The van der Waals surface area contributed by atoms with Crippen molar-refractivity contribution in [3.05, 3.63) is 0 Å². The predicted octanol–water partition coefficient (Wildman–Crippen LogP) is 15.1. The van der Waals surface area contributed by atoms with Crippen LogP contribution in [-0.2, 0) is 19.1 Å². The third kappa shape index (κ3) is 41.7. The predicted molar refractivity (Wildman–Crippen MR) is 224 cm³/mol. The molecule has 0 amide bonds. The largest absolute Gasteiger partial charge is 0.462 e. The summed E-state index contributed by atoms with van der Waals surface area (Å²) in [6.45, 7) is 4.13. The number of hydrogen-bond acceptors (Lipinski definition) is 5. The van der Waals surface area contributed by atoms with Crippen LogP contribution in [0.3, 0.4) is 0 Å². The van der Waals surface area contributed by atoms with Crippen molar-refractivity contribution in [2.45, 2.75) is 277 Å². The summed E-state index contributed by atoms with van der Waals surface area (Å²) in [6.07, 6.45) is 50.9. The number of aliphatic hydroxyl groups excluding tert-OH is 1. The molecule has 0 aliphatic heterocycles. The fraction of sp³-hybridized carbons (Fsp3) is 0.957. The van der Waals surface area contributed by atoms with Gasteiger partial charge in [0.05, 0.1) is 6.61 Å². The normalized spacial score (nSPS) is 12.0. The maximum absolute atomic E-state index is 12.2. The van der Waals surface area contributed by atoms with Gasteiger partial charge >= 0.3 is 11.9 Å². The van der Waals surface area contributed by atoms with Crippen LogP contribution in [0.25, 0.3) is 0 Å². The van der Waals surface area contributed by atoms with Gasteiger partial charge in [0.2, 0.25) is 0 Å². The van der Waals surface area contributed by atoms with Gasteiger partial charge in [0.25, 0.3) is 0 Å². The van der Waals surface area contributed by atoms with Gasteiger partial charge in [0, 0.05) is 12.8 Å². The Hall–Kier alpha value is -1.10. The highest BCUT2D eigenvalue weighted by atomic mass is 16.6. The molecule has 0 heterocycles. The maximum Gasteiger partial charge on any atom is 0.306 e. The summed E-state index contributed by atoms with van der Waals surface area (Å²) in [7, 11) is 0. The molecule has 0 aromatic carbocycles. The fourth-order valence-electron chi connectivity index (χ4n) is 7.32. The molecule has 1 atom stereocenters. The lowest BCUT2D eigenvalue weighted by Gasteiger charge is -2.15. The molecule has 0 bridgehead atoms. The topological polar surface area (TPSA) is 72.8 Å². The second kappa shape index (κ2) is 44.3. The summed E-state index contributed by atoms with van der Waals surface area (Å²) in [5.41, 5.74) is 0. The van der Waals surface area contributed by atoms with Gasteiger partial charge in [-0.3, -0.25) is 9.59 Å². The van der Waals surface area contributed by atoms with Gasteiger partial charge in [0.1, 0.15) is 6.61 Å². The number of ether oxygens (including phenoxy) is 2. The number of rotatable bonds is 44. The molecule has 0 saturated heterocycles. The molecule has 1 unspecified atom stereocenters. The first-order valence-electron chi connectivity index (χ1n) is 23.6. The van der Waals surface area contributed by atoms with Crippen LogP contribution in [0.4, 0.5) is 0 Å². The third-order valence-corrected chi connectivity index (χ3v) is 10.9. The number of carbonyl (C=O) groups excluding carboxylic acids is 2. The van der Waals surface area contributed by atoms with Crippen molar-refractivity contribution in [3.63, 3.8) is 0 Å². The SMILES string of the molecule is CCCCCCCCCCCCCCCCCCCCCCCCCCCCCCCCCC(=O)OC(CO)COC(=O)CCCCCCCCC. The zero-order valence-corrected chi connectivity index (χ0v) is 35.4. The van der Waals surface area contributed by atoms with Gasteiger partial charge in [-0.1, -0.05) is 245 Å². The van der Waals surface area contributed by atoms with Crippen molar-refractivity contribution < 1.29 is 24.2 Å². The minimum Gasteiger partial charge on any atom is -0.462 e. The quantitative estimate of drug-likeness (QED) is 0.0498. The number of unbranched alkanes of at least 4 members (excludes halogenated alkanes) is 36. The fourth-order valence-corrected chi connectivity index (χ4v) is 7.32. The van der Waals surface area contributed by atoms with Crippen LogP contribution in [0.5, 0.6) is 0 Å². The molecule has 0 saturated carbocycles. The summed E-state index contributed by atoms with van der Waals surface area (Å²) in [6, 6.07) is 0. The number of aliphatic hydroxyl groups is 1. The lowest BCUT2D eigenvalue weighted by atomic mass is 10.0. The van der Waals surface area contributed by atoms with E-state index in [1.807, 2.05) is 0 Å². The van der Waals surface area contributed by atoms with Crippen molar-refractivity contribution in [2.75, 3.05) is 13.2 Å². The van der Waals surface area contributed by atoms with E-state index in [2.05, 4.69) is 13.8 Å². The van der Waals surface area contributed by atoms with Crippen molar-refractivity contribution in [1.29, 1.82) is 0 Å². The van der Waals surface area contributed by atoms with Crippen LogP contribution >= 0.6 is 0 Å². The second-order valence-corrected chi connectivity index (χ2v) is 16.2. The Morgan fingerprint density at radius 3 is 0.846 bits per heavy atom. The van der Waals surface area contributed by atoms with E-state index in [4.69, 9.17) is 9.47 Å². The summed E-state index contributed by atoms with van der Waals surface area (Å²) >= 11 is 0. The highest BCUT2D eigenvalue weighted by molar-refractivity contribution is 5.70. The molecule has 0 radical (unpaired) electrons. The Morgan fingerprint density at radius 2 is 0.596 bits per heavy atom. The molecule has 0 spiro atoms. The van der Waals surface area contributed by atoms with Crippen LogP contribution in [-0.4, -0.2) is 36.4 Å². The Labute approximate surface area is 325 Å². The van der Waals surface area contributed by atoms with E-state index < -0.39 is 6.10 Å². The molecule has 0 rings (SSSR count). The summed E-state index contributed by atoms with van der Waals surface area (Å²) < 4.78 is 10.6.